The Kier molecular flexibility index (Phi) is 10.0. The summed E-state index contributed by atoms with van der Waals surface area (Å²) in [5, 5.41) is 9.38. The number of methoxy groups -OCH3 is 1. The van der Waals surface area contributed by atoms with Crippen molar-refractivity contribution in [1.29, 1.82) is 0 Å². The molecule has 0 aromatic rings. The third-order valence-electron chi connectivity index (χ3n) is 5.27. The lowest BCUT2D eigenvalue weighted by atomic mass is 9.60. The zero-order valence-electron chi connectivity index (χ0n) is 15.6. The number of aliphatic imine (C=N–C) groups is 1. The summed E-state index contributed by atoms with van der Waals surface area (Å²) < 4.78 is 10.9. The fourth-order valence-corrected chi connectivity index (χ4v) is 3.97. The van der Waals surface area contributed by atoms with Crippen LogP contribution in [-0.4, -0.2) is 64.5 Å². The average molecular weight is 468 g/mol. The molecular weight excluding hydrogens is 435 g/mol. The molecule has 2 unspecified atom stereocenters. The van der Waals surface area contributed by atoms with Crippen molar-refractivity contribution in [3.05, 3.63) is 0 Å². The summed E-state index contributed by atoms with van der Waals surface area (Å²) in [4.78, 5) is 16.0. The van der Waals surface area contributed by atoms with Crippen LogP contribution in [0, 0.1) is 5.41 Å². The molecule has 2 atom stereocenters. The van der Waals surface area contributed by atoms with E-state index >= 15 is 0 Å². The van der Waals surface area contributed by atoms with Gasteiger partial charge >= 0.3 is 0 Å². The van der Waals surface area contributed by atoms with Crippen LogP contribution in [-0.2, 0) is 14.3 Å². The summed E-state index contributed by atoms with van der Waals surface area (Å²) in [5.41, 5.74) is 0.244. The molecule has 0 radical (unpaired) electrons. The number of nitrogens with one attached hydrogen (secondary N) is 3. The van der Waals surface area contributed by atoms with Gasteiger partial charge < -0.3 is 25.4 Å². The van der Waals surface area contributed by atoms with Gasteiger partial charge in [0.1, 0.15) is 0 Å². The van der Waals surface area contributed by atoms with Crippen LogP contribution < -0.4 is 16.0 Å². The first-order valence-electron chi connectivity index (χ1n) is 9.00. The van der Waals surface area contributed by atoms with Gasteiger partial charge in [-0.3, -0.25) is 9.79 Å². The van der Waals surface area contributed by atoms with Gasteiger partial charge in [-0.15, -0.1) is 24.0 Å². The maximum Gasteiger partial charge on any atom is 0.239 e. The zero-order valence-corrected chi connectivity index (χ0v) is 17.9. The minimum absolute atomic E-state index is 0. The number of carbonyl (C=O) groups is 1. The molecule has 2 aliphatic rings. The molecule has 25 heavy (non-hydrogen) atoms. The Labute approximate surface area is 168 Å². The number of guanidine groups is 1. The van der Waals surface area contributed by atoms with Crippen LogP contribution in [0.3, 0.4) is 0 Å². The van der Waals surface area contributed by atoms with Crippen molar-refractivity contribution in [3.8, 4) is 0 Å². The van der Waals surface area contributed by atoms with Gasteiger partial charge in [-0.2, -0.15) is 0 Å². The minimum Gasteiger partial charge on any atom is -0.383 e. The van der Waals surface area contributed by atoms with Crippen molar-refractivity contribution < 1.29 is 14.3 Å². The Morgan fingerprint density at radius 2 is 2.00 bits per heavy atom. The van der Waals surface area contributed by atoms with Crippen LogP contribution >= 0.6 is 24.0 Å². The number of hydrogen-bond acceptors (Lipinski definition) is 4. The van der Waals surface area contributed by atoms with Crippen molar-refractivity contribution in [2.24, 2.45) is 10.4 Å². The molecule has 1 amide bonds. The fraction of sp³-hybridized carbons (Fsp3) is 0.882. The molecule has 2 rings (SSSR count). The van der Waals surface area contributed by atoms with Crippen LogP contribution in [0.2, 0.25) is 0 Å². The molecule has 1 spiro atoms. The van der Waals surface area contributed by atoms with E-state index in [0.717, 1.165) is 13.0 Å². The second kappa shape index (κ2) is 11.2. The molecular formula is C17H33IN4O3. The number of carbonyl (C=O) groups excluding carboxylic acids is 1. The quantitative estimate of drug-likeness (QED) is 0.216. The summed E-state index contributed by atoms with van der Waals surface area (Å²) in [5.74, 6) is 0.620. The highest BCUT2D eigenvalue weighted by molar-refractivity contribution is 14.0. The first-order chi connectivity index (χ1) is 11.7. The van der Waals surface area contributed by atoms with Crippen LogP contribution in [0.5, 0.6) is 0 Å². The van der Waals surface area contributed by atoms with Crippen LogP contribution in [0.25, 0.3) is 0 Å². The smallest absolute Gasteiger partial charge is 0.239 e. The van der Waals surface area contributed by atoms with E-state index in [0.29, 0.717) is 31.3 Å². The lowest BCUT2D eigenvalue weighted by Gasteiger charge is -2.54. The second-order valence-electron chi connectivity index (χ2n) is 6.59. The van der Waals surface area contributed by atoms with Crippen molar-refractivity contribution >= 4 is 35.8 Å². The molecule has 0 aromatic carbocycles. The third-order valence-corrected chi connectivity index (χ3v) is 5.27. The van der Waals surface area contributed by atoms with E-state index in [1.54, 1.807) is 14.2 Å². The molecule has 0 heterocycles. The van der Waals surface area contributed by atoms with E-state index in [2.05, 4.69) is 27.9 Å². The summed E-state index contributed by atoms with van der Waals surface area (Å²) >= 11 is 0. The molecule has 0 saturated heterocycles. The number of amides is 1. The normalized spacial score (nSPS) is 24.4. The van der Waals surface area contributed by atoms with Gasteiger partial charge in [0.2, 0.25) is 5.91 Å². The lowest BCUT2D eigenvalue weighted by molar-refractivity contribution is -0.126. The Morgan fingerprint density at radius 3 is 2.60 bits per heavy atom. The van der Waals surface area contributed by atoms with E-state index < -0.39 is 0 Å². The molecule has 2 aliphatic carbocycles. The molecule has 146 valence electrons. The van der Waals surface area contributed by atoms with Gasteiger partial charge in [0, 0.05) is 38.8 Å². The van der Waals surface area contributed by atoms with Gasteiger partial charge in [-0.1, -0.05) is 12.8 Å². The van der Waals surface area contributed by atoms with Crippen molar-refractivity contribution in [1.82, 2.24) is 16.0 Å². The third kappa shape index (κ3) is 5.68. The Hall–Kier alpha value is -0.610. The number of hydrogen-bond donors (Lipinski definition) is 3. The fourth-order valence-electron chi connectivity index (χ4n) is 3.97. The SMILES string of the molecule is CCOC1CC(NC(=NC)NCC(=O)NCCOC)C12CCCC2.I. The number of ether oxygens (including phenoxy) is 2. The van der Waals surface area contributed by atoms with E-state index in [1.165, 1.54) is 25.7 Å². The van der Waals surface area contributed by atoms with Gasteiger partial charge in [0.25, 0.3) is 0 Å². The Bertz CT molecular complexity index is 442. The molecule has 0 aromatic heterocycles. The highest BCUT2D eigenvalue weighted by Crippen LogP contribution is 2.54. The van der Waals surface area contributed by atoms with E-state index in [9.17, 15) is 4.79 Å². The monoisotopic (exact) mass is 468 g/mol. The minimum atomic E-state index is -0.0635. The predicted molar refractivity (Wildman–Crippen MR) is 110 cm³/mol. The standard InChI is InChI=1S/C17H32N4O3.HI/c1-4-24-14-11-13(17(14)7-5-6-8-17)21-16(18-2)20-12-15(22)19-9-10-23-3;/h13-14H,4-12H2,1-3H3,(H,19,22)(H2,18,20,21);1H. The molecule has 0 aliphatic heterocycles. The van der Waals surface area contributed by atoms with Gasteiger partial charge in [-0.05, 0) is 26.2 Å². The Balaban J connectivity index is 0.00000312. The van der Waals surface area contributed by atoms with Crippen molar-refractivity contribution in [2.45, 2.75) is 51.2 Å². The molecule has 0 bridgehead atoms. The van der Waals surface area contributed by atoms with E-state index in [4.69, 9.17) is 9.47 Å². The second-order valence-corrected chi connectivity index (χ2v) is 6.59. The van der Waals surface area contributed by atoms with Crippen molar-refractivity contribution in [2.75, 3.05) is 40.5 Å². The topological polar surface area (TPSA) is 84.0 Å². The van der Waals surface area contributed by atoms with E-state index in [-0.39, 0.29) is 41.8 Å². The highest BCUT2D eigenvalue weighted by atomic mass is 127. The highest BCUT2D eigenvalue weighted by Gasteiger charge is 2.56. The van der Waals surface area contributed by atoms with E-state index in [1.807, 2.05) is 0 Å². The van der Waals surface area contributed by atoms with Crippen molar-refractivity contribution in [3.63, 3.8) is 0 Å². The zero-order chi connectivity index (χ0) is 17.4. The summed E-state index contributed by atoms with van der Waals surface area (Å²) in [6.45, 7) is 4.07. The molecule has 7 nitrogen and oxygen atoms in total. The number of rotatable bonds is 8. The summed E-state index contributed by atoms with van der Waals surface area (Å²) in [6, 6.07) is 0.374. The maximum atomic E-state index is 11.8. The molecule has 8 heteroatoms. The molecule has 3 N–H and O–H groups in total. The van der Waals surface area contributed by atoms with Gasteiger partial charge in [0.15, 0.2) is 5.96 Å². The van der Waals surface area contributed by atoms with Gasteiger partial charge in [0.05, 0.1) is 19.3 Å². The van der Waals surface area contributed by atoms with Crippen LogP contribution in [0.1, 0.15) is 39.0 Å². The number of nitrogens with zero attached hydrogens (tertiary/aromatic N) is 1. The largest absolute Gasteiger partial charge is 0.383 e. The first-order valence-corrected chi connectivity index (χ1v) is 9.00. The van der Waals surface area contributed by atoms with Gasteiger partial charge in [-0.25, -0.2) is 0 Å². The summed E-state index contributed by atoms with van der Waals surface area (Å²) in [6.07, 6.45) is 6.34. The summed E-state index contributed by atoms with van der Waals surface area (Å²) in [7, 11) is 3.35. The van der Waals surface area contributed by atoms with Crippen LogP contribution in [0.4, 0.5) is 0 Å². The molecule has 2 saturated carbocycles. The Morgan fingerprint density at radius 1 is 1.28 bits per heavy atom. The lowest BCUT2D eigenvalue weighted by Crippen LogP contribution is -2.65. The van der Waals surface area contributed by atoms with Crippen LogP contribution in [0.15, 0.2) is 4.99 Å². The average Bonchev–Trinajstić information content (AvgIpc) is 3.10. The first kappa shape index (κ1) is 22.4. The number of halogens is 1. The maximum absolute atomic E-state index is 11.8. The molecule has 2 fully saturated rings. The predicted octanol–water partition coefficient (Wildman–Crippen LogP) is 1.27.